The number of nitrogens with zero attached hydrogens (tertiary/aromatic N) is 2. The Bertz CT molecular complexity index is 1320. The van der Waals surface area contributed by atoms with Crippen LogP contribution in [0.3, 0.4) is 0 Å². The third-order valence-electron chi connectivity index (χ3n) is 4.52. The van der Waals surface area contributed by atoms with Gasteiger partial charge < -0.3 is 14.8 Å². The lowest BCUT2D eigenvalue weighted by atomic mass is 10.1. The molecule has 3 aromatic rings. The van der Waals surface area contributed by atoms with Gasteiger partial charge in [-0.2, -0.15) is 0 Å². The Morgan fingerprint density at radius 1 is 1.22 bits per heavy atom. The number of hydrogen-bond donors (Lipinski definition) is 2. The van der Waals surface area contributed by atoms with E-state index in [1.807, 2.05) is 0 Å². The molecule has 1 aliphatic heterocycles. The Morgan fingerprint density at radius 3 is 2.75 bits per heavy atom. The molecular weight excluding hydrogens is 434 g/mol. The van der Waals surface area contributed by atoms with Crippen LogP contribution in [0.2, 0.25) is 0 Å². The topological polar surface area (TPSA) is 135 Å². The zero-order valence-corrected chi connectivity index (χ0v) is 17.4. The molecule has 1 aliphatic rings. The molecule has 10 heteroatoms. The SMILES string of the molecule is Cc1ccc(-c2ccc(/C=C3/SC(=Nc4ccccc4C(=O)O)NC3=O)o2)c([N+](=O)[O-])c1. The van der Waals surface area contributed by atoms with Crippen LogP contribution in [-0.4, -0.2) is 27.1 Å². The highest BCUT2D eigenvalue weighted by molar-refractivity contribution is 8.18. The number of furan rings is 1. The van der Waals surface area contributed by atoms with Crippen LogP contribution in [0.1, 0.15) is 21.7 Å². The number of aliphatic imine (C=N–C) groups is 1. The Hall–Kier alpha value is -4.18. The average Bonchev–Trinajstić information content (AvgIpc) is 3.35. The monoisotopic (exact) mass is 449 g/mol. The van der Waals surface area contributed by atoms with Crippen molar-refractivity contribution in [3.63, 3.8) is 0 Å². The van der Waals surface area contributed by atoms with Gasteiger partial charge >= 0.3 is 5.97 Å². The van der Waals surface area contributed by atoms with Gasteiger partial charge in [-0.15, -0.1) is 0 Å². The number of aromatic carboxylic acids is 1. The number of carboxylic acids is 1. The summed E-state index contributed by atoms with van der Waals surface area (Å²) < 4.78 is 5.72. The lowest BCUT2D eigenvalue weighted by Crippen LogP contribution is -2.19. The molecule has 2 N–H and O–H groups in total. The highest BCUT2D eigenvalue weighted by Gasteiger charge is 2.25. The van der Waals surface area contributed by atoms with Crippen molar-refractivity contribution in [3.05, 3.63) is 86.5 Å². The normalized spacial score (nSPS) is 15.8. The van der Waals surface area contributed by atoms with E-state index in [9.17, 15) is 24.8 Å². The fraction of sp³-hybridized carbons (Fsp3) is 0.0455. The van der Waals surface area contributed by atoms with Crippen LogP contribution in [0.25, 0.3) is 17.4 Å². The van der Waals surface area contributed by atoms with E-state index in [-0.39, 0.29) is 27.0 Å². The Labute approximate surface area is 185 Å². The molecule has 0 spiro atoms. The first-order valence-corrected chi connectivity index (χ1v) is 10.1. The first-order chi connectivity index (χ1) is 15.3. The second-order valence-corrected chi connectivity index (χ2v) is 7.81. The standard InChI is InChI=1S/C22H15N3O6S/c1-12-6-8-15(17(10-12)25(29)30)18-9-7-13(31-18)11-19-20(26)24-22(32-19)23-16-5-3-2-4-14(16)21(27)28/h2-11H,1H3,(H,27,28)(H,23,24,26)/b19-11+. The van der Waals surface area contributed by atoms with Crippen molar-refractivity contribution in [1.29, 1.82) is 0 Å². The van der Waals surface area contributed by atoms with E-state index in [0.29, 0.717) is 17.1 Å². The molecule has 0 unspecified atom stereocenters. The molecule has 0 saturated carbocycles. The summed E-state index contributed by atoms with van der Waals surface area (Å²) in [7, 11) is 0. The van der Waals surface area contributed by atoms with Gasteiger partial charge in [0.1, 0.15) is 11.5 Å². The summed E-state index contributed by atoms with van der Waals surface area (Å²) >= 11 is 1.03. The molecule has 0 atom stereocenters. The van der Waals surface area contributed by atoms with Crippen LogP contribution in [0.4, 0.5) is 11.4 Å². The molecule has 0 radical (unpaired) electrons. The number of amidine groups is 1. The minimum atomic E-state index is -1.12. The molecule has 0 aliphatic carbocycles. The van der Waals surface area contributed by atoms with Gasteiger partial charge in [0, 0.05) is 12.1 Å². The summed E-state index contributed by atoms with van der Waals surface area (Å²) in [6.45, 7) is 1.76. The average molecular weight is 449 g/mol. The minimum Gasteiger partial charge on any atom is -0.478 e. The number of carboxylic acid groups (broad SMARTS) is 1. The quantitative estimate of drug-likeness (QED) is 0.326. The molecule has 2 heterocycles. The lowest BCUT2D eigenvalue weighted by molar-refractivity contribution is -0.384. The van der Waals surface area contributed by atoms with E-state index in [2.05, 4.69) is 10.3 Å². The number of benzene rings is 2. The van der Waals surface area contributed by atoms with Crippen LogP contribution >= 0.6 is 11.8 Å². The third-order valence-corrected chi connectivity index (χ3v) is 5.43. The number of carbonyl (C=O) groups excluding carboxylic acids is 1. The molecule has 4 rings (SSSR count). The summed E-state index contributed by atoms with van der Waals surface area (Å²) in [6.07, 6.45) is 1.50. The second kappa shape index (κ2) is 8.52. The van der Waals surface area contributed by atoms with E-state index in [4.69, 9.17) is 4.42 Å². The number of hydrogen-bond acceptors (Lipinski definition) is 7. The molecule has 1 fully saturated rings. The largest absolute Gasteiger partial charge is 0.478 e. The Balaban J connectivity index is 1.61. The van der Waals surface area contributed by atoms with Crippen molar-refractivity contribution in [2.75, 3.05) is 0 Å². The van der Waals surface area contributed by atoms with Gasteiger partial charge in [0.25, 0.3) is 11.6 Å². The first-order valence-electron chi connectivity index (χ1n) is 9.29. The molecule has 32 heavy (non-hydrogen) atoms. The van der Waals surface area contributed by atoms with Crippen molar-refractivity contribution in [2.45, 2.75) is 6.92 Å². The number of carbonyl (C=O) groups is 2. The minimum absolute atomic E-state index is 0.0163. The zero-order valence-electron chi connectivity index (χ0n) is 16.6. The van der Waals surface area contributed by atoms with Gasteiger partial charge in [0.15, 0.2) is 5.17 Å². The van der Waals surface area contributed by atoms with Gasteiger partial charge in [-0.3, -0.25) is 14.9 Å². The Morgan fingerprint density at radius 2 is 2.00 bits per heavy atom. The van der Waals surface area contributed by atoms with Crippen LogP contribution in [0, 0.1) is 17.0 Å². The highest BCUT2D eigenvalue weighted by Crippen LogP contribution is 2.34. The maximum absolute atomic E-state index is 12.3. The maximum Gasteiger partial charge on any atom is 0.337 e. The van der Waals surface area contributed by atoms with Crippen LogP contribution in [-0.2, 0) is 4.79 Å². The number of nitro benzene ring substituents is 1. The summed E-state index contributed by atoms with van der Waals surface area (Å²) in [6, 6.07) is 14.2. The molecule has 2 aromatic carbocycles. The third kappa shape index (κ3) is 4.30. The van der Waals surface area contributed by atoms with E-state index in [0.717, 1.165) is 17.3 Å². The number of aryl methyl sites for hydroxylation is 1. The zero-order chi connectivity index (χ0) is 22.8. The second-order valence-electron chi connectivity index (χ2n) is 6.78. The molecular formula is C22H15N3O6S. The van der Waals surface area contributed by atoms with Crippen LogP contribution < -0.4 is 5.32 Å². The summed E-state index contributed by atoms with van der Waals surface area (Å²) in [5, 5.41) is 23.5. The molecule has 0 bridgehead atoms. The van der Waals surface area contributed by atoms with Crippen LogP contribution in [0.15, 0.2) is 68.9 Å². The molecule has 9 nitrogen and oxygen atoms in total. The number of para-hydroxylation sites is 1. The van der Waals surface area contributed by atoms with Crippen molar-refractivity contribution in [1.82, 2.24) is 5.32 Å². The first kappa shape index (κ1) is 21.1. The van der Waals surface area contributed by atoms with E-state index >= 15 is 0 Å². The summed E-state index contributed by atoms with van der Waals surface area (Å²) in [5.74, 6) is -0.903. The van der Waals surface area contributed by atoms with Gasteiger partial charge in [-0.25, -0.2) is 9.79 Å². The summed E-state index contributed by atoms with van der Waals surface area (Å²) in [4.78, 5) is 39.1. The Kier molecular flexibility index (Phi) is 5.61. The number of rotatable bonds is 5. The van der Waals surface area contributed by atoms with Gasteiger partial charge in [0.2, 0.25) is 0 Å². The lowest BCUT2D eigenvalue weighted by Gasteiger charge is -2.01. The fourth-order valence-corrected chi connectivity index (χ4v) is 3.86. The predicted octanol–water partition coefficient (Wildman–Crippen LogP) is 4.75. The molecule has 1 aromatic heterocycles. The number of nitro groups is 1. The fourth-order valence-electron chi connectivity index (χ4n) is 3.05. The molecule has 1 amide bonds. The maximum atomic E-state index is 12.3. The van der Waals surface area contributed by atoms with Gasteiger partial charge in [-0.1, -0.05) is 18.2 Å². The van der Waals surface area contributed by atoms with Gasteiger partial charge in [-0.05, 0) is 54.6 Å². The predicted molar refractivity (Wildman–Crippen MR) is 120 cm³/mol. The highest BCUT2D eigenvalue weighted by atomic mass is 32.2. The van der Waals surface area contributed by atoms with Crippen molar-refractivity contribution in [3.8, 4) is 11.3 Å². The van der Waals surface area contributed by atoms with Crippen molar-refractivity contribution < 1.29 is 24.0 Å². The molecule has 160 valence electrons. The van der Waals surface area contributed by atoms with E-state index < -0.39 is 16.8 Å². The van der Waals surface area contributed by atoms with Gasteiger partial charge in [0.05, 0.1) is 26.6 Å². The smallest absolute Gasteiger partial charge is 0.337 e. The van der Waals surface area contributed by atoms with E-state index in [1.165, 1.54) is 24.3 Å². The molecule has 1 saturated heterocycles. The number of amides is 1. The number of nitrogens with one attached hydrogen (secondary N) is 1. The number of thioether (sulfide) groups is 1. The summed E-state index contributed by atoms with van der Waals surface area (Å²) in [5.41, 5.74) is 1.25. The van der Waals surface area contributed by atoms with Crippen molar-refractivity contribution in [2.24, 2.45) is 4.99 Å². The van der Waals surface area contributed by atoms with Crippen LogP contribution in [0.5, 0.6) is 0 Å². The van der Waals surface area contributed by atoms with Crippen molar-refractivity contribution >= 4 is 46.3 Å². The van der Waals surface area contributed by atoms with E-state index in [1.54, 1.807) is 43.3 Å².